The third kappa shape index (κ3) is 6.83. The zero-order valence-electron chi connectivity index (χ0n) is 10.2. The van der Waals surface area contributed by atoms with E-state index >= 15 is 0 Å². The summed E-state index contributed by atoms with van der Waals surface area (Å²) in [5.74, 6) is 0. The molecule has 0 aromatic carbocycles. The first-order valence-electron chi connectivity index (χ1n) is 5.77. The van der Waals surface area contributed by atoms with Gasteiger partial charge in [-0.2, -0.15) is 0 Å². The second-order valence-electron chi connectivity index (χ2n) is 4.94. The zero-order chi connectivity index (χ0) is 11.0. The van der Waals surface area contributed by atoms with Crippen LogP contribution in [-0.2, 0) is 0 Å². The van der Waals surface area contributed by atoms with E-state index in [1.54, 1.807) is 5.20 Å². The molecule has 14 heavy (non-hydrogen) atoms. The third-order valence-electron chi connectivity index (χ3n) is 2.59. The summed E-state index contributed by atoms with van der Waals surface area (Å²) < 4.78 is 0. The van der Waals surface area contributed by atoms with Gasteiger partial charge in [0.15, 0.2) is 0 Å². The first kappa shape index (κ1) is 14.4. The molecule has 0 radical (unpaired) electrons. The minimum Gasteiger partial charge on any atom is -0.0883 e. The minimum atomic E-state index is -1.04. The summed E-state index contributed by atoms with van der Waals surface area (Å²) in [5.41, 5.74) is 0. The molecule has 0 saturated heterocycles. The summed E-state index contributed by atoms with van der Waals surface area (Å²) in [7, 11) is -1.04. The van der Waals surface area contributed by atoms with E-state index in [0.29, 0.717) is 0 Å². The van der Waals surface area contributed by atoms with Gasteiger partial charge in [-0.25, -0.2) is 0 Å². The van der Waals surface area contributed by atoms with Gasteiger partial charge in [-0.15, -0.1) is 0 Å². The number of hydrogen-bond acceptors (Lipinski definition) is 0. The second kappa shape index (κ2) is 7.69. The highest BCUT2D eigenvalue weighted by atomic mass is 79.9. The summed E-state index contributed by atoms with van der Waals surface area (Å²) in [4.78, 5) is 0. The highest BCUT2D eigenvalue weighted by molar-refractivity contribution is 9.09. The average Bonchev–Trinajstić information content (AvgIpc) is 2.08. The minimum absolute atomic E-state index is 1.03. The summed E-state index contributed by atoms with van der Waals surface area (Å²) in [5, 5.41) is 2.77. The van der Waals surface area contributed by atoms with E-state index in [1.165, 1.54) is 32.1 Å². The molecular weight excluding hydrogens is 252 g/mol. The Kier molecular flexibility index (Phi) is 7.93. The van der Waals surface area contributed by atoms with Crippen LogP contribution in [0, 0.1) is 0 Å². The molecule has 0 bridgehead atoms. The molecule has 0 heterocycles. The van der Waals surface area contributed by atoms with Crippen molar-refractivity contribution in [3.63, 3.8) is 0 Å². The molecule has 84 valence electrons. The summed E-state index contributed by atoms with van der Waals surface area (Å²) in [6.07, 6.45) is 9.26. The van der Waals surface area contributed by atoms with E-state index in [1.807, 2.05) is 0 Å². The van der Waals surface area contributed by atoms with Crippen LogP contribution in [0.2, 0.25) is 19.6 Å². The van der Waals surface area contributed by atoms with Gasteiger partial charge in [-0.1, -0.05) is 73.0 Å². The molecule has 0 rings (SSSR count). The predicted octanol–water partition coefficient (Wildman–Crippen LogP) is 5.16. The smallest absolute Gasteiger partial charge is 0.0720 e. The number of allylic oxidation sites excluding steroid dienone is 2. The van der Waals surface area contributed by atoms with Gasteiger partial charge in [0.2, 0.25) is 0 Å². The van der Waals surface area contributed by atoms with Crippen LogP contribution in [0.15, 0.2) is 11.3 Å². The van der Waals surface area contributed by atoms with E-state index in [-0.39, 0.29) is 0 Å². The molecule has 0 aromatic heterocycles. The van der Waals surface area contributed by atoms with Gasteiger partial charge in [0, 0.05) is 5.33 Å². The molecule has 0 aliphatic heterocycles. The van der Waals surface area contributed by atoms with Crippen molar-refractivity contribution in [3.05, 3.63) is 11.3 Å². The van der Waals surface area contributed by atoms with Gasteiger partial charge in [-0.3, -0.25) is 0 Å². The van der Waals surface area contributed by atoms with Crippen LogP contribution in [0.5, 0.6) is 0 Å². The lowest BCUT2D eigenvalue weighted by Crippen LogP contribution is -2.24. The number of unbranched alkanes of at least 4 members (excludes halogenated alkanes) is 3. The molecule has 0 unspecified atom stereocenters. The van der Waals surface area contributed by atoms with Crippen LogP contribution < -0.4 is 0 Å². The normalized spacial score (nSPS) is 13.4. The van der Waals surface area contributed by atoms with Crippen molar-refractivity contribution in [1.29, 1.82) is 0 Å². The van der Waals surface area contributed by atoms with E-state index in [4.69, 9.17) is 0 Å². The van der Waals surface area contributed by atoms with Gasteiger partial charge in [0.25, 0.3) is 0 Å². The Morgan fingerprint density at radius 2 is 1.79 bits per heavy atom. The van der Waals surface area contributed by atoms with E-state index in [2.05, 4.69) is 48.6 Å². The fourth-order valence-corrected chi connectivity index (χ4v) is 3.95. The Bertz CT molecular complexity index is 168. The van der Waals surface area contributed by atoms with Gasteiger partial charge < -0.3 is 0 Å². The first-order chi connectivity index (χ1) is 6.52. The Hall–Kier alpha value is 0.437. The Labute approximate surface area is 99.3 Å². The maximum absolute atomic E-state index is 3.51. The topological polar surface area (TPSA) is 0 Å². The summed E-state index contributed by atoms with van der Waals surface area (Å²) >= 11 is 3.51. The molecule has 0 amide bonds. The molecule has 0 N–H and O–H groups in total. The van der Waals surface area contributed by atoms with Crippen molar-refractivity contribution in [2.75, 3.05) is 5.33 Å². The lowest BCUT2D eigenvalue weighted by Gasteiger charge is -2.21. The molecule has 0 atom stereocenters. The first-order valence-corrected chi connectivity index (χ1v) is 10.4. The lowest BCUT2D eigenvalue weighted by molar-refractivity contribution is 0.670. The van der Waals surface area contributed by atoms with Crippen molar-refractivity contribution >= 4 is 24.0 Å². The molecule has 0 spiro atoms. The number of alkyl halides is 1. The molecule has 0 fully saturated rings. The van der Waals surface area contributed by atoms with Crippen LogP contribution in [-0.4, -0.2) is 13.4 Å². The van der Waals surface area contributed by atoms with E-state index < -0.39 is 8.07 Å². The Morgan fingerprint density at radius 3 is 2.21 bits per heavy atom. The van der Waals surface area contributed by atoms with Gasteiger partial charge in [-0.05, 0) is 12.8 Å². The van der Waals surface area contributed by atoms with Crippen molar-refractivity contribution < 1.29 is 0 Å². The fraction of sp³-hybridized carbons (Fsp3) is 0.833. The van der Waals surface area contributed by atoms with Crippen molar-refractivity contribution in [1.82, 2.24) is 0 Å². The van der Waals surface area contributed by atoms with Crippen molar-refractivity contribution in [2.24, 2.45) is 0 Å². The van der Waals surface area contributed by atoms with Crippen LogP contribution in [0.1, 0.15) is 39.0 Å². The molecule has 0 aliphatic carbocycles. The van der Waals surface area contributed by atoms with Gasteiger partial charge in [0.1, 0.15) is 0 Å². The van der Waals surface area contributed by atoms with Crippen LogP contribution in [0.3, 0.4) is 0 Å². The molecule has 0 aromatic rings. The number of hydrogen-bond donors (Lipinski definition) is 0. The Balaban J connectivity index is 3.94. The summed E-state index contributed by atoms with van der Waals surface area (Å²) in [6.45, 7) is 9.61. The highest BCUT2D eigenvalue weighted by Crippen LogP contribution is 2.21. The van der Waals surface area contributed by atoms with Crippen LogP contribution in [0.4, 0.5) is 0 Å². The summed E-state index contributed by atoms with van der Waals surface area (Å²) in [6, 6.07) is 0. The zero-order valence-corrected chi connectivity index (χ0v) is 12.8. The monoisotopic (exact) mass is 276 g/mol. The highest BCUT2D eigenvalue weighted by Gasteiger charge is 2.18. The largest absolute Gasteiger partial charge is 0.0883 e. The van der Waals surface area contributed by atoms with E-state index in [0.717, 1.165) is 5.33 Å². The van der Waals surface area contributed by atoms with Gasteiger partial charge >= 0.3 is 0 Å². The fourth-order valence-electron chi connectivity index (χ4n) is 1.62. The average molecular weight is 277 g/mol. The van der Waals surface area contributed by atoms with Crippen molar-refractivity contribution in [3.8, 4) is 0 Å². The maximum Gasteiger partial charge on any atom is 0.0720 e. The SMILES string of the molecule is CCCCCC/C(=C\CBr)[Si](C)(C)C. The quantitative estimate of drug-likeness (QED) is 0.343. The lowest BCUT2D eigenvalue weighted by atomic mass is 10.1. The molecule has 0 nitrogen and oxygen atoms in total. The maximum atomic E-state index is 3.51. The van der Waals surface area contributed by atoms with Gasteiger partial charge in [0.05, 0.1) is 8.07 Å². The third-order valence-corrected chi connectivity index (χ3v) is 5.29. The second-order valence-corrected chi connectivity index (χ2v) is 10.7. The molecule has 2 heteroatoms. The van der Waals surface area contributed by atoms with E-state index in [9.17, 15) is 0 Å². The van der Waals surface area contributed by atoms with Crippen LogP contribution in [0.25, 0.3) is 0 Å². The predicted molar refractivity (Wildman–Crippen MR) is 74.0 cm³/mol. The Morgan fingerprint density at radius 1 is 1.14 bits per heavy atom. The van der Waals surface area contributed by atoms with Crippen molar-refractivity contribution in [2.45, 2.75) is 58.7 Å². The number of rotatable bonds is 7. The van der Waals surface area contributed by atoms with Crippen LogP contribution >= 0.6 is 15.9 Å². The molecule has 0 saturated carbocycles. The standard InChI is InChI=1S/C12H25BrSi/c1-5-6-7-8-9-12(10-11-13)14(2,3)4/h10H,5-9,11H2,1-4H3/b12-10+. The molecular formula is C12H25BrSi. The number of halogens is 1. The molecule has 0 aliphatic rings.